The van der Waals surface area contributed by atoms with Crippen LogP contribution in [0.3, 0.4) is 0 Å². The van der Waals surface area contributed by atoms with E-state index in [1.54, 1.807) is 31.1 Å². The van der Waals surface area contributed by atoms with Crippen LogP contribution in [0.5, 0.6) is 0 Å². The van der Waals surface area contributed by atoms with E-state index in [0.29, 0.717) is 17.6 Å². The van der Waals surface area contributed by atoms with Gasteiger partial charge in [-0.15, -0.1) is 0 Å². The van der Waals surface area contributed by atoms with E-state index in [1.807, 2.05) is 11.0 Å². The van der Waals surface area contributed by atoms with Crippen LogP contribution in [0, 0.1) is 5.92 Å². The number of hydrogen-bond acceptors (Lipinski definition) is 4. The summed E-state index contributed by atoms with van der Waals surface area (Å²) in [6.45, 7) is 1.51. The van der Waals surface area contributed by atoms with Crippen LogP contribution in [0.25, 0.3) is 11.1 Å². The van der Waals surface area contributed by atoms with Crippen LogP contribution in [-0.4, -0.2) is 43.0 Å². The molecule has 2 heterocycles. The average Bonchev–Trinajstić information content (AvgIpc) is 2.89. The van der Waals surface area contributed by atoms with Crippen molar-refractivity contribution >= 4 is 34.6 Å². The van der Waals surface area contributed by atoms with Gasteiger partial charge < -0.3 is 14.2 Å². The molecule has 1 amide bonds. The third-order valence-electron chi connectivity index (χ3n) is 3.82. The molecule has 3 rings (SSSR count). The molecule has 1 aromatic heterocycles. The SMILES string of the molecule is CN(C)C(=O)C1CCCN(c2nc3cc(Cl)ccc3o2)C1. The number of carbonyl (C=O) groups excluding carboxylic acids is 1. The van der Waals surface area contributed by atoms with Crippen LogP contribution >= 0.6 is 11.6 Å². The second kappa shape index (κ2) is 5.56. The Labute approximate surface area is 128 Å². The van der Waals surface area contributed by atoms with E-state index in [4.69, 9.17) is 16.0 Å². The first kappa shape index (κ1) is 14.2. The Morgan fingerprint density at radius 1 is 1.48 bits per heavy atom. The Kier molecular flexibility index (Phi) is 3.76. The number of piperidine rings is 1. The van der Waals surface area contributed by atoms with Gasteiger partial charge in [0.1, 0.15) is 5.52 Å². The molecule has 0 saturated carbocycles. The smallest absolute Gasteiger partial charge is 0.298 e. The minimum Gasteiger partial charge on any atom is -0.423 e. The number of hydrogen-bond donors (Lipinski definition) is 0. The predicted octanol–water partition coefficient (Wildman–Crippen LogP) is 2.79. The first-order valence-corrected chi connectivity index (χ1v) is 7.44. The van der Waals surface area contributed by atoms with Gasteiger partial charge in [0.2, 0.25) is 5.91 Å². The number of carbonyl (C=O) groups is 1. The zero-order chi connectivity index (χ0) is 15.0. The Hall–Kier alpha value is -1.75. The number of oxazole rings is 1. The lowest BCUT2D eigenvalue weighted by molar-refractivity contribution is -0.133. The predicted molar refractivity (Wildman–Crippen MR) is 82.7 cm³/mol. The summed E-state index contributed by atoms with van der Waals surface area (Å²) >= 11 is 5.97. The van der Waals surface area contributed by atoms with Gasteiger partial charge in [-0.1, -0.05) is 11.6 Å². The fraction of sp³-hybridized carbons (Fsp3) is 0.467. The molecule has 1 aromatic carbocycles. The van der Waals surface area contributed by atoms with Gasteiger partial charge in [0.05, 0.1) is 5.92 Å². The summed E-state index contributed by atoms with van der Waals surface area (Å²) in [6.07, 6.45) is 1.88. The van der Waals surface area contributed by atoms with Crippen molar-refractivity contribution < 1.29 is 9.21 Å². The lowest BCUT2D eigenvalue weighted by Gasteiger charge is -2.32. The van der Waals surface area contributed by atoms with Crippen molar-refractivity contribution in [3.05, 3.63) is 23.2 Å². The van der Waals surface area contributed by atoms with E-state index in [9.17, 15) is 4.79 Å². The van der Waals surface area contributed by atoms with Crippen LogP contribution in [0.4, 0.5) is 6.01 Å². The molecule has 0 bridgehead atoms. The van der Waals surface area contributed by atoms with Gasteiger partial charge in [-0.2, -0.15) is 4.98 Å². The van der Waals surface area contributed by atoms with Crippen LogP contribution in [0.1, 0.15) is 12.8 Å². The molecule has 1 atom stereocenters. The second-order valence-electron chi connectivity index (χ2n) is 5.63. The zero-order valence-corrected chi connectivity index (χ0v) is 12.9. The summed E-state index contributed by atoms with van der Waals surface area (Å²) in [5.41, 5.74) is 1.47. The number of halogens is 1. The number of anilines is 1. The summed E-state index contributed by atoms with van der Waals surface area (Å²) in [5, 5.41) is 0.640. The summed E-state index contributed by atoms with van der Waals surface area (Å²) in [6, 6.07) is 5.97. The maximum absolute atomic E-state index is 12.1. The average molecular weight is 308 g/mol. The first-order chi connectivity index (χ1) is 10.0. The van der Waals surface area contributed by atoms with E-state index in [0.717, 1.165) is 30.5 Å². The molecule has 1 aliphatic rings. The summed E-state index contributed by atoms with van der Waals surface area (Å²) < 4.78 is 5.78. The number of rotatable bonds is 2. The standard InChI is InChI=1S/C15H18ClN3O2/c1-18(2)14(20)10-4-3-7-19(9-10)15-17-12-8-11(16)5-6-13(12)21-15/h5-6,8,10H,3-4,7,9H2,1-2H3. The molecule has 0 aliphatic carbocycles. The van der Waals surface area contributed by atoms with Crippen molar-refractivity contribution in [1.29, 1.82) is 0 Å². The quantitative estimate of drug-likeness (QED) is 0.856. The molecule has 6 heteroatoms. The van der Waals surface area contributed by atoms with Gasteiger partial charge >= 0.3 is 0 Å². The Morgan fingerprint density at radius 2 is 2.29 bits per heavy atom. The number of nitrogens with zero attached hydrogens (tertiary/aromatic N) is 3. The molecule has 0 radical (unpaired) electrons. The van der Waals surface area contributed by atoms with Gasteiger partial charge in [0.15, 0.2) is 5.58 Å². The number of fused-ring (bicyclic) bond motifs is 1. The van der Waals surface area contributed by atoms with Crippen LogP contribution in [-0.2, 0) is 4.79 Å². The normalized spacial score (nSPS) is 19.0. The minimum atomic E-state index is 0.00681. The highest BCUT2D eigenvalue weighted by atomic mass is 35.5. The fourth-order valence-electron chi connectivity index (χ4n) is 2.74. The molecule has 21 heavy (non-hydrogen) atoms. The highest BCUT2D eigenvalue weighted by molar-refractivity contribution is 6.31. The maximum Gasteiger partial charge on any atom is 0.298 e. The lowest BCUT2D eigenvalue weighted by atomic mass is 9.97. The van der Waals surface area contributed by atoms with Gasteiger partial charge in [0, 0.05) is 32.2 Å². The Balaban J connectivity index is 1.83. The van der Waals surface area contributed by atoms with Crippen LogP contribution in [0.15, 0.2) is 22.6 Å². The van der Waals surface area contributed by atoms with Crippen LogP contribution < -0.4 is 4.90 Å². The van der Waals surface area contributed by atoms with Crippen molar-refractivity contribution in [2.75, 3.05) is 32.1 Å². The summed E-state index contributed by atoms with van der Waals surface area (Å²) in [5.74, 6) is 0.172. The lowest BCUT2D eigenvalue weighted by Crippen LogP contribution is -2.42. The Bertz CT molecular complexity index is 668. The molecule has 1 aliphatic heterocycles. The fourth-order valence-corrected chi connectivity index (χ4v) is 2.91. The van der Waals surface area contributed by atoms with Crippen molar-refractivity contribution in [2.24, 2.45) is 5.92 Å². The molecule has 2 aromatic rings. The topological polar surface area (TPSA) is 49.6 Å². The highest BCUT2D eigenvalue weighted by Gasteiger charge is 2.29. The molecule has 5 nitrogen and oxygen atoms in total. The van der Waals surface area contributed by atoms with E-state index in [1.165, 1.54) is 0 Å². The van der Waals surface area contributed by atoms with Gasteiger partial charge in [-0.05, 0) is 31.0 Å². The van der Waals surface area contributed by atoms with E-state index in [-0.39, 0.29) is 11.8 Å². The monoisotopic (exact) mass is 307 g/mol. The Morgan fingerprint density at radius 3 is 3.05 bits per heavy atom. The van der Waals surface area contributed by atoms with E-state index in [2.05, 4.69) is 4.98 Å². The van der Waals surface area contributed by atoms with Crippen molar-refractivity contribution in [3.63, 3.8) is 0 Å². The largest absolute Gasteiger partial charge is 0.423 e. The summed E-state index contributed by atoms with van der Waals surface area (Å²) in [4.78, 5) is 20.3. The summed E-state index contributed by atoms with van der Waals surface area (Å²) in [7, 11) is 3.59. The first-order valence-electron chi connectivity index (χ1n) is 7.07. The zero-order valence-electron chi connectivity index (χ0n) is 12.2. The number of aromatic nitrogens is 1. The molecule has 0 N–H and O–H groups in total. The third-order valence-corrected chi connectivity index (χ3v) is 4.06. The molecule has 1 saturated heterocycles. The number of benzene rings is 1. The molecule has 1 unspecified atom stereocenters. The maximum atomic E-state index is 12.1. The minimum absolute atomic E-state index is 0.00681. The van der Waals surface area contributed by atoms with E-state index < -0.39 is 0 Å². The van der Waals surface area contributed by atoms with Gasteiger partial charge in [0.25, 0.3) is 6.01 Å². The number of amides is 1. The van der Waals surface area contributed by atoms with Crippen LogP contribution in [0.2, 0.25) is 5.02 Å². The molecule has 1 fully saturated rings. The van der Waals surface area contributed by atoms with Crippen molar-refractivity contribution in [2.45, 2.75) is 12.8 Å². The molecular formula is C15H18ClN3O2. The molecule has 0 spiro atoms. The second-order valence-corrected chi connectivity index (χ2v) is 6.06. The third kappa shape index (κ3) is 2.83. The van der Waals surface area contributed by atoms with E-state index >= 15 is 0 Å². The molecular weight excluding hydrogens is 290 g/mol. The molecule has 112 valence electrons. The highest BCUT2D eigenvalue weighted by Crippen LogP contribution is 2.28. The van der Waals surface area contributed by atoms with Crippen molar-refractivity contribution in [3.8, 4) is 0 Å². The van der Waals surface area contributed by atoms with Gasteiger partial charge in [-0.3, -0.25) is 4.79 Å². The van der Waals surface area contributed by atoms with Crippen molar-refractivity contribution in [1.82, 2.24) is 9.88 Å². The van der Waals surface area contributed by atoms with Gasteiger partial charge in [-0.25, -0.2) is 0 Å².